The fourth-order valence-corrected chi connectivity index (χ4v) is 3.68. The van der Waals surface area contributed by atoms with Crippen LogP contribution in [0.15, 0.2) is 54.3 Å². The van der Waals surface area contributed by atoms with Crippen molar-refractivity contribution in [1.82, 2.24) is 14.9 Å². The second-order valence-corrected chi connectivity index (χ2v) is 7.15. The average Bonchev–Trinajstić information content (AvgIpc) is 3.27. The molecule has 126 valence electrons. The second kappa shape index (κ2) is 8.27. The van der Waals surface area contributed by atoms with Gasteiger partial charge in [-0.15, -0.1) is 11.3 Å². The highest BCUT2D eigenvalue weighted by Gasteiger charge is 2.15. The van der Waals surface area contributed by atoms with Crippen LogP contribution in [0.2, 0.25) is 0 Å². The molecular weight excluding hydrogens is 314 g/mol. The highest BCUT2D eigenvalue weighted by Crippen LogP contribution is 2.27. The predicted molar refractivity (Wildman–Crippen MR) is 101 cm³/mol. The Morgan fingerprint density at radius 3 is 2.67 bits per heavy atom. The minimum atomic E-state index is 0.222. The lowest BCUT2D eigenvalue weighted by Crippen LogP contribution is -2.22. The van der Waals surface area contributed by atoms with Crippen LogP contribution in [-0.2, 0) is 20.0 Å². The van der Waals surface area contributed by atoms with Crippen molar-refractivity contribution in [2.75, 3.05) is 0 Å². The predicted octanol–water partition coefficient (Wildman–Crippen LogP) is 4.70. The van der Waals surface area contributed by atoms with E-state index >= 15 is 0 Å². The molecule has 3 nitrogen and oxygen atoms in total. The van der Waals surface area contributed by atoms with Crippen LogP contribution < -0.4 is 5.32 Å². The van der Waals surface area contributed by atoms with Crippen LogP contribution in [0.3, 0.4) is 0 Å². The molecule has 0 bridgehead atoms. The number of unbranched alkanes of at least 4 members (excludes halogenated alkanes) is 1. The molecule has 3 rings (SSSR count). The smallest absolute Gasteiger partial charge is 0.0945 e. The number of benzene rings is 1. The van der Waals surface area contributed by atoms with Crippen molar-refractivity contribution < 1.29 is 0 Å². The van der Waals surface area contributed by atoms with E-state index in [1.807, 2.05) is 19.6 Å². The molecule has 0 saturated heterocycles. The number of thiophene rings is 1. The third-order valence-electron chi connectivity index (χ3n) is 4.36. The van der Waals surface area contributed by atoms with Crippen LogP contribution in [0.1, 0.15) is 47.5 Å². The lowest BCUT2D eigenvalue weighted by atomic mass is 10.0. The molecule has 1 unspecified atom stereocenters. The van der Waals surface area contributed by atoms with Crippen molar-refractivity contribution in [2.24, 2.45) is 7.05 Å². The minimum Gasteiger partial charge on any atom is -0.337 e. The van der Waals surface area contributed by atoms with Crippen LogP contribution in [0.4, 0.5) is 0 Å². The fourth-order valence-electron chi connectivity index (χ4n) is 2.86. The van der Waals surface area contributed by atoms with E-state index in [1.165, 1.54) is 41.0 Å². The number of nitrogens with one attached hydrogen (secondary N) is 1. The van der Waals surface area contributed by atoms with E-state index in [4.69, 9.17) is 0 Å². The van der Waals surface area contributed by atoms with Gasteiger partial charge in [0.25, 0.3) is 0 Å². The Hall–Kier alpha value is -1.91. The molecule has 0 fully saturated rings. The van der Waals surface area contributed by atoms with Crippen molar-refractivity contribution in [3.8, 4) is 0 Å². The molecule has 3 aromatic rings. The summed E-state index contributed by atoms with van der Waals surface area (Å²) in [6, 6.07) is 13.6. The number of aryl methyl sites for hydroxylation is 2. The third kappa shape index (κ3) is 4.13. The summed E-state index contributed by atoms with van der Waals surface area (Å²) >= 11 is 1.80. The number of hydrogen-bond donors (Lipinski definition) is 1. The number of hydrogen-bond acceptors (Lipinski definition) is 3. The fraction of sp³-hybridized carbons (Fsp3) is 0.350. The maximum absolute atomic E-state index is 4.20. The first-order valence-corrected chi connectivity index (χ1v) is 9.46. The molecule has 2 heterocycles. The van der Waals surface area contributed by atoms with Crippen LogP contribution >= 0.6 is 11.3 Å². The van der Waals surface area contributed by atoms with Crippen molar-refractivity contribution in [1.29, 1.82) is 0 Å². The largest absolute Gasteiger partial charge is 0.337 e. The Morgan fingerprint density at radius 1 is 1.21 bits per heavy atom. The summed E-state index contributed by atoms with van der Waals surface area (Å²) in [7, 11) is 2.03. The summed E-state index contributed by atoms with van der Waals surface area (Å²) in [6.07, 6.45) is 7.44. The summed E-state index contributed by atoms with van der Waals surface area (Å²) in [5.74, 6) is 0. The van der Waals surface area contributed by atoms with Gasteiger partial charge in [0.1, 0.15) is 0 Å². The normalized spacial score (nSPS) is 12.4. The number of aromatic nitrogens is 2. The second-order valence-electron chi connectivity index (χ2n) is 6.17. The maximum atomic E-state index is 4.20. The third-order valence-corrected chi connectivity index (χ3v) is 5.30. The quantitative estimate of drug-likeness (QED) is 0.644. The van der Waals surface area contributed by atoms with Crippen LogP contribution in [0.5, 0.6) is 0 Å². The maximum Gasteiger partial charge on any atom is 0.0945 e. The van der Waals surface area contributed by atoms with E-state index in [2.05, 4.69) is 63.6 Å². The van der Waals surface area contributed by atoms with Gasteiger partial charge in [0.05, 0.1) is 18.1 Å². The SMILES string of the molecule is CCCCc1ccc(C(NCc2cncn2C)c2cccs2)cc1. The molecule has 1 atom stereocenters. The van der Waals surface area contributed by atoms with Gasteiger partial charge in [0.15, 0.2) is 0 Å². The molecule has 0 aliphatic rings. The Morgan fingerprint density at radius 2 is 2.04 bits per heavy atom. The van der Waals surface area contributed by atoms with E-state index in [0.29, 0.717) is 0 Å². The van der Waals surface area contributed by atoms with E-state index in [-0.39, 0.29) is 6.04 Å². The number of rotatable bonds is 8. The van der Waals surface area contributed by atoms with E-state index in [1.54, 1.807) is 11.3 Å². The summed E-state index contributed by atoms with van der Waals surface area (Å²) in [5.41, 5.74) is 3.94. The summed E-state index contributed by atoms with van der Waals surface area (Å²) in [5, 5.41) is 5.84. The summed E-state index contributed by atoms with van der Waals surface area (Å²) in [6.45, 7) is 3.04. The van der Waals surface area contributed by atoms with Crippen LogP contribution in [-0.4, -0.2) is 9.55 Å². The van der Waals surface area contributed by atoms with Crippen LogP contribution in [0, 0.1) is 0 Å². The Balaban J connectivity index is 1.76. The molecule has 1 N–H and O–H groups in total. The number of nitrogens with zero attached hydrogens (tertiary/aromatic N) is 2. The lowest BCUT2D eigenvalue weighted by Gasteiger charge is -2.19. The molecule has 0 spiro atoms. The first-order chi connectivity index (χ1) is 11.8. The zero-order valence-corrected chi connectivity index (χ0v) is 15.2. The first-order valence-electron chi connectivity index (χ1n) is 8.58. The molecule has 4 heteroatoms. The van der Waals surface area contributed by atoms with Crippen molar-refractivity contribution in [3.05, 3.63) is 76.0 Å². The molecule has 2 aromatic heterocycles. The summed E-state index contributed by atoms with van der Waals surface area (Å²) in [4.78, 5) is 5.55. The van der Waals surface area contributed by atoms with Gasteiger partial charge in [-0.2, -0.15) is 0 Å². The molecule has 0 radical (unpaired) electrons. The van der Waals surface area contributed by atoms with Gasteiger partial charge in [-0.3, -0.25) is 5.32 Å². The molecular formula is C20H25N3S. The van der Waals surface area contributed by atoms with Crippen molar-refractivity contribution in [2.45, 2.75) is 38.8 Å². The molecule has 0 saturated carbocycles. The number of imidazole rings is 1. The topological polar surface area (TPSA) is 29.9 Å². The molecule has 24 heavy (non-hydrogen) atoms. The van der Waals surface area contributed by atoms with Gasteiger partial charge in [-0.1, -0.05) is 43.7 Å². The van der Waals surface area contributed by atoms with Gasteiger partial charge >= 0.3 is 0 Å². The van der Waals surface area contributed by atoms with Gasteiger partial charge in [0, 0.05) is 24.7 Å². The van der Waals surface area contributed by atoms with Crippen LogP contribution in [0.25, 0.3) is 0 Å². The highest BCUT2D eigenvalue weighted by molar-refractivity contribution is 7.10. The molecule has 0 aliphatic heterocycles. The van der Waals surface area contributed by atoms with Crippen molar-refractivity contribution >= 4 is 11.3 Å². The summed E-state index contributed by atoms with van der Waals surface area (Å²) < 4.78 is 2.06. The van der Waals surface area contributed by atoms with Gasteiger partial charge in [0.2, 0.25) is 0 Å². The molecule has 0 aliphatic carbocycles. The van der Waals surface area contributed by atoms with Gasteiger partial charge < -0.3 is 4.57 Å². The Bertz CT molecular complexity index is 729. The van der Waals surface area contributed by atoms with Crippen molar-refractivity contribution in [3.63, 3.8) is 0 Å². The van der Waals surface area contributed by atoms with E-state index < -0.39 is 0 Å². The van der Waals surface area contributed by atoms with Gasteiger partial charge in [-0.05, 0) is 35.4 Å². The standard InChI is InChI=1S/C20H25N3S/c1-3-4-6-16-8-10-17(11-9-16)20(19-7-5-12-24-19)22-14-18-13-21-15-23(18)2/h5,7-13,15,20,22H,3-4,6,14H2,1-2H3. The molecule has 0 amide bonds. The monoisotopic (exact) mass is 339 g/mol. The molecule has 1 aromatic carbocycles. The van der Waals surface area contributed by atoms with Gasteiger partial charge in [-0.25, -0.2) is 4.98 Å². The Labute approximate surface area is 148 Å². The minimum absolute atomic E-state index is 0.222. The zero-order valence-electron chi connectivity index (χ0n) is 14.4. The lowest BCUT2D eigenvalue weighted by molar-refractivity contribution is 0.591. The van der Waals surface area contributed by atoms with E-state index in [9.17, 15) is 0 Å². The average molecular weight is 340 g/mol. The zero-order chi connectivity index (χ0) is 16.8. The van der Waals surface area contributed by atoms with E-state index in [0.717, 1.165) is 6.54 Å². The first kappa shape index (κ1) is 16.9. The Kier molecular flexibility index (Phi) is 5.83. The highest BCUT2D eigenvalue weighted by atomic mass is 32.1.